The van der Waals surface area contributed by atoms with E-state index in [9.17, 15) is 8.78 Å². The van der Waals surface area contributed by atoms with Crippen molar-refractivity contribution in [2.75, 3.05) is 6.54 Å². The van der Waals surface area contributed by atoms with E-state index >= 15 is 0 Å². The highest BCUT2D eigenvalue weighted by Gasteiger charge is 2.26. The van der Waals surface area contributed by atoms with E-state index in [-0.39, 0.29) is 12.0 Å². The predicted molar refractivity (Wildman–Crippen MR) is 67.7 cm³/mol. The van der Waals surface area contributed by atoms with E-state index < -0.39 is 11.6 Å². The van der Waals surface area contributed by atoms with Gasteiger partial charge in [-0.15, -0.1) is 10.2 Å². The fourth-order valence-electron chi connectivity index (χ4n) is 2.71. The standard InChI is InChI=1S/C13H15F2N5/c14-10-3-1-2-9(12(10)15)6-8-4-5-16-11(7-8)13-17-19-20-18-13/h1-3,8,11,16H,4-7H2,(H,17,18,19,20). The Kier molecular flexibility index (Phi) is 3.68. The maximum Gasteiger partial charge on any atom is 0.191 e. The number of tetrazole rings is 1. The largest absolute Gasteiger partial charge is 0.307 e. The molecule has 5 nitrogen and oxygen atoms in total. The van der Waals surface area contributed by atoms with Gasteiger partial charge in [0.1, 0.15) is 0 Å². The lowest BCUT2D eigenvalue weighted by Gasteiger charge is -2.28. The Balaban J connectivity index is 1.70. The lowest BCUT2D eigenvalue weighted by Crippen LogP contribution is -2.33. The molecule has 20 heavy (non-hydrogen) atoms. The molecule has 7 heteroatoms. The number of rotatable bonds is 3. The van der Waals surface area contributed by atoms with Crippen LogP contribution in [-0.4, -0.2) is 27.2 Å². The maximum absolute atomic E-state index is 13.7. The molecular weight excluding hydrogens is 264 g/mol. The van der Waals surface area contributed by atoms with Gasteiger partial charge in [-0.2, -0.15) is 5.21 Å². The van der Waals surface area contributed by atoms with Crippen LogP contribution in [0, 0.1) is 17.6 Å². The second-order valence-corrected chi connectivity index (χ2v) is 5.08. The van der Waals surface area contributed by atoms with Gasteiger partial charge in [0.2, 0.25) is 0 Å². The van der Waals surface area contributed by atoms with Crippen molar-refractivity contribution in [1.82, 2.24) is 25.9 Å². The van der Waals surface area contributed by atoms with Crippen molar-refractivity contribution in [3.63, 3.8) is 0 Å². The van der Waals surface area contributed by atoms with E-state index in [1.54, 1.807) is 12.1 Å². The number of halogens is 2. The minimum absolute atomic E-state index is 0.0177. The van der Waals surface area contributed by atoms with Gasteiger partial charge < -0.3 is 5.32 Å². The molecule has 0 radical (unpaired) electrons. The summed E-state index contributed by atoms with van der Waals surface area (Å²) < 4.78 is 26.9. The molecule has 3 rings (SSSR count). The van der Waals surface area contributed by atoms with E-state index in [4.69, 9.17) is 0 Å². The molecule has 0 amide bonds. The average Bonchev–Trinajstić information content (AvgIpc) is 2.98. The zero-order chi connectivity index (χ0) is 13.9. The van der Waals surface area contributed by atoms with Gasteiger partial charge >= 0.3 is 0 Å². The first-order valence-corrected chi connectivity index (χ1v) is 6.63. The number of aromatic nitrogens is 4. The molecule has 1 aromatic heterocycles. The summed E-state index contributed by atoms with van der Waals surface area (Å²) in [4.78, 5) is 0. The summed E-state index contributed by atoms with van der Waals surface area (Å²) in [6, 6.07) is 4.35. The molecule has 2 unspecified atom stereocenters. The molecule has 0 saturated carbocycles. The molecule has 2 atom stereocenters. The number of nitrogens with zero attached hydrogens (tertiary/aromatic N) is 3. The summed E-state index contributed by atoms with van der Waals surface area (Å²) in [5.41, 5.74) is 0.434. The summed E-state index contributed by atoms with van der Waals surface area (Å²) in [5.74, 6) is -0.626. The van der Waals surface area contributed by atoms with Crippen molar-refractivity contribution < 1.29 is 8.78 Å². The third kappa shape index (κ3) is 2.67. The highest BCUT2D eigenvalue weighted by atomic mass is 19.2. The van der Waals surface area contributed by atoms with Gasteiger partial charge in [-0.1, -0.05) is 17.3 Å². The molecule has 2 heterocycles. The second kappa shape index (κ2) is 5.62. The third-order valence-electron chi connectivity index (χ3n) is 3.73. The van der Waals surface area contributed by atoms with Crippen LogP contribution in [0.2, 0.25) is 0 Å². The van der Waals surface area contributed by atoms with Crippen LogP contribution in [0.3, 0.4) is 0 Å². The molecule has 0 spiro atoms. The first kappa shape index (κ1) is 13.1. The molecule has 1 saturated heterocycles. The fraction of sp³-hybridized carbons (Fsp3) is 0.462. The fourth-order valence-corrected chi connectivity index (χ4v) is 2.71. The average molecular weight is 279 g/mol. The van der Waals surface area contributed by atoms with Crippen LogP contribution in [-0.2, 0) is 6.42 Å². The molecule has 1 aromatic carbocycles. The SMILES string of the molecule is Fc1cccc(CC2CCNC(c3nn[nH]n3)C2)c1F. The lowest BCUT2D eigenvalue weighted by molar-refractivity contribution is 0.293. The van der Waals surface area contributed by atoms with Gasteiger partial charge in [0.25, 0.3) is 0 Å². The van der Waals surface area contributed by atoms with Gasteiger partial charge in [0.05, 0.1) is 6.04 Å². The number of hydrogen-bond donors (Lipinski definition) is 2. The minimum atomic E-state index is -0.786. The third-order valence-corrected chi connectivity index (χ3v) is 3.73. The van der Waals surface area contributed by atoms with E-state index in [1.165, 1.54) is 0 Å². The second-order valence-electron chi connectivity index (χ2n) is 5.08. The van der Waals surface area contributed by atoms with Crippen LogP contribution in [0.4, 0.5) is 8.78 Å². The van der Waals surface area contributed by atoms with Crippen molar-refractivity contribution in [3.05, 3.63) is 41.2 Å². The number of hydrogen-bond acceptors (Lipinski definition) is 4. The molecule has 2 aromatic rings. The zero-order valence-electron chi connectivity index (χ0n) is 10.8. The van der Waals surface area contributed by atoms with E-state index in [0.717, 1.165) is 25.5 Å². The Bertz CT molecular complexity index is 572. The molecule has 106 valence electrons. The molecule has 2 N–H and O–H groups in total. The minimum Gasteiger partial charge on any atom is -0.307 e. The van der Waals surface area contributed by atoms with Gasteiger partial charge in [0.15, 0.2) is 17.5 Å². The Morgan fingerprint density at radius 3 is 3.00 bits per heavy atom. The van der Waals surface area contributed by atoms with Crippen LogP contribution >= 0.6 is 0 Å². The number of benzene rings is 1. The molecule has 1 aliphatic heterocycles. The van der Waals surface area contributed by atoms with Crippen molar-refractivity contribution in [1.29, 1.82) is 0 Å². The van der Waals surface area contributed by atoms with Crippen molar-refractivity contribution in [2.45, 2.75) is 25.3 Å². The first-order chi connectivity index (χ1) is 9.74. The van der Waals surface area contributed by atoms with E-state index in [1.807, 2.05) is 0 Å². The number of aromatic amines is 1. The summed E-state index contributed by atoms with van der Waals surface area (Å²) in [7, 11) is 0. The van der Waals surface area contributed by atoms with Crippen LogP contribution in [0.5, 0.6) is 0 Å². The number of piperidine rings is 1. The summed E-state index contributed by atoms with van der Waals surface area (Å²) >= 11 is 0. The summed E-state index contributed by atoms with van der Waals surface area (Å²) in [6.07, 6.45) is 2.24. The Hall–Kier alpha value is -1.89. The number of H-pyrrole nitrogens is 1. The van der Waals surface area contributed by atoms with Crippen LogP contribution in [0.1, 0.15) is 30.3 Å². The summed E-state index contributed by atoms with van der Waals surface area (Å²) in [5, 5.41) is 17.2. The normalized spacial score (nSPS) is 22.9. The lowest BCUT2D eigenvalue weighted by atomic mass is 9.87. The summed E-state index contributed by atoms with van der Waals surface area (Å²) in [6.45, 7) is 0.806. The van der Waals surface area contributed by atoms with Crippen molar-refractivity contribution >= 4 is 0 Å². The highest BCUT2D eigenvalue weighted by molar-refractivity contribution is 5.19. The van der Waals surface area contributed by atoms with Crippen LogP contribution in [0.15, 0.2) is 18.2 Å². The molecule has 1 aliphatic rings. The Labute approximate surface area is 114 Å². The highest BCUT2D eigenvalue weighted by Crippen LogP contribution is 2.28. The maximum atomic E-state index is 13.7. The predicted octanol–water partition coefficient (Wildman–Crippen LogP) is 1.76. The van der Waals surface area contributed by atoms with Crippen LogP contribution in [0.25, 0.3) is 0 Å². The van der Waals surface area contributed by atoms with Gasteiger partial charge in [-0.3, -0.25) is 0 Å². The Morgan fingerprint density at radius 1 is 1.30 bits per heavy atom. The monoisotopic (exact) mass is 279 g/mol. The van der Waals surface area contributed by atoms with Crippen molar-refractivity contribution in [2.24, 2.45) is 5.92 Å². The topological polar surface area (TPSA) is 66.5 Å². The molecule has 0 bridgehead atoms. The van der Waals surface area contributed by atoms with E-state index in [0.29, 0.717) is 17.8 Å². The smallest absolute Gasteiger partial charge is 0.191 e. The molecular formula is C13H15F2N5. The molecule has 1 fully saturated rings. The first-order valence-electron chi connectivity index (χ1n) is 6.63. The van der Waals surface area contributed by atoms with Gasteiger partial charge in [-0.25, -0.2) is 8.78 Å². The quantitative estimate of drug-likeness (QED) is 0.898. The number of nitrogens with one attached hydrogen (secondary N) is 2. The van der Waals surface area contributed by atoms with E-state index in [2.05, 4.69) is 25.9 Å². The van der Waals surface area contributed by atoms with Gasteiger partial charge in [-0.05, 0) is 43.4 Å². The van der Waals surface area contributed by atoms with Crippen molar-refractivity contribution in [3.8, 4) is 0 Å². The van der Waals surface area contributed by atoms with Crippen LogP contribution < -0.4 is 5.32 Å². The molecule has 0 aliphatic carbocycles. The van der Waals surface area contributed by atoms with Gasteiger partial charge in [0, 0.05) is 0 Å². The Morgan fingerprint density at radius 2 is 2.20 bits per heavy atom. The zero-order valence-corrected chi connectivity index (χ0v) is 10.8.